The Hall–Kier alpha value is -1.29. The third kappa shape index (κ3) is 4.92. The minimum atomic E-state index is -0.551. The molecule has 0 radical (unpaired) electrons. The van der Waals surface area contributed by atoms with Crippen molar-refractivity contribution in [1.29, 1.82) is 0 Å². The van der Waals surface area contributed by atoms with Gasteiger partial charge >= 0.3 is 5.97 Å². The average Bonchev–Trinajstić information content (AvgIpc) is 2.34. The quantitative estimate of drug-likeness (QED) is 0.563. The van der Waals surface area contributed by atoms with E-state index < -0.39 is 5.82 Å². The number of benzene rings is 1. The minimum Gasteiger partial charge on any atom is -0.490 e. The van der Waals surface area contributed by atoms with Gasteiger partial charge in [-0.15, -0.1) is 0 Å². The number of unbranched alkanes of at least 4 members (excludes halogenated alkanes) is 1. The summed E-state index contributed by atoms with van der Waals surface area (Å²) in [5, 5.41) is 0.0408. The van der Waals surface area contributed by atoms with Gasteiger partial charge in [0.05, 0.1) is 18.2 Å². The largest absolute Gasteiger partial charge is 0.490 e. The van der Waals surface area contributed by atoms with Gasteiger partial charge < -0.3 is 9.47 Å². The van der Waals surface area contributed by atoms with Crippen LogP contribution in [0.5, 0.6) is 5.75 Å². The van der Waals surface area contributed by atoms with Crippen LogP contribution in [0.15, 0.2) is 18.2 Å². The van der Waals surface area contributed by atoms with Gasteiger partial charge in [0, 0.05) is 6.42 Å². The lowest BCUT2D eigenvalue weighted by Crippen LogP contribution is -2.05. The molecule has 1 rings (SSSR count). The first kappa shape index (κ1) is 14.8. The topological polar surface area (TPSA) is 35.5 Å². The smallest absolute Gasteiger partial charge is 0.305 e. The number of hydrogen-bond donors (Lipinski definition) is 0. The van der Waals surface area contributed by atoms with E-state index in [0.29, 0.717) is 32.5 Å². The summed E-state index contributed by atoms with van der Waals surface area (Å²) >= 11 is 5.61. The first-order valence-electron chi connectivity index (χ1n) is 5.87. The maximum absolute atomic E-state index is 13.4. The number of carbonyl (C=O) groups excluding carboxylic acids is 1. The molecule has 0 atom stereocenters. The molecule has 3 nitrogen and oxygen atoms in total. The summed E-state index contributed by atoms with van der Waals surface area (Å²) in [5.41, 5.74) is 0. The highest BCUT2D eigenvalue weighted by molar-refractivity contribution is 6.30. The second-order valence-electron chi connectivity index (χ2n) is 3.66. The molecule has 1 aromatic carbocycles. The van der Waals surface area contributed by atoms with Crippen LogP contribution < -0.4 is 4.74 Å². The second-order valence-corrected chi connectivity index (χ2v) is 4.07. The van der Waals surface area contributed by atoms with Crippen molar-refractivity contribution in [3.8, 4) is 5.75 Å². The predicted octanol–water partition coefficient (Wildman–Crippen LogP) is 3.59. The van der Waals surface area contributed by atoms with Crippen LogP contribution in [0.25, 0.3) is 0 Å². The number of ether oxygens (including phenoxy) is 2. The molecule has 0 aliphatic heterocycles. The molecule has 0 fully saturated rings. The van der Waals surface area contributed by atoms with E-state index >= 15 is 0 Å². The average molecular weight is 275 g/mol. The van der Waals surface area contributed by atoms with Crippen LogP contribution in [0.2, 0.25) is 5.02 Å². The van der Waals surface area contributed by atoms with Crippen molar-refractivity contribution in [2.45, 2.75) is 26.2 Å². The molecule has 0 N–H and O–H groups in total. The molecular weight excluding hydrogens is 259 g/mol. The number of esters is 1. The summed E-state index contributed by atoms with van der Waals surface area (Å²) < 4.78 is 23.4. The Morgan fingerprint density at radius 1 is 1.39 bits per heavy atom. The van der Waals surface area contributed by atoms with E-state index in [-0.39, 0.29) is 16.7 Å². The van der Waals surface area contributed by atoms with E-state index in [2.05, 4.69) is 0 Å². The van der Waals surface area contributed by atoms with Gasteiger partial charge in [-0.2, -0.15) is 0 Å². The zero-order valence-electron chi connectivity index (χ0n) is 10.2. The van der Waals surface area contributed by atoms with Gasteiger partial charge in [0.1, 0.15) is 0 Å². The van der Waals surface area contributed by atoms with E-state index in [4.69, 9.17) is 21.1 Å². The van der Waals surface area contributed by atoms with Gasteiger partial charge in [0.25, 0.3) is 0 Å². The molecule has 100 valence electrons. The van der Waals surface area contributed by atoms with Crippen molar-refractivity contribution in [2.24, 2.45) is 0 Å². The van der Waals surface area contributed by atoms with Crippen LogP contribution in [0.1, 0.15) is 26.2 Å². The fraction of sp³-hybridized carbons (Fsp3) is 0.462. The van der Waals surface area contributed by atoms with E-state index in [9.17, 15) is 9.18 Å². The molecule has 0 bridgehead atoms. The highest BCUT2D eigenvalue weighted by Crippen LogP contribution is 2.24. The molecule has 5 heteroatoms. The van der Waals surface area contributed by atoms with Gasteiger partial charge in [-0.25, -0.2) is 4.39 Å². The zero-order valence-corrected chi connectivity index (χ0v) is 11.0. The first-order valence-corrected chi connectivity index (χ1v) is 6.25. The van der Waals surface area contributed by atoms with Crippen LogP contribution in [0.3, 0.4) is 0 Å². The lowest BCUT2D eigenvalue weighted by Gasteiger charge is -2.07. The van der Waals surface area contributed by atoms with Gasteiger partial charge in [-0.1, -0.05) is 17.7 Å². The third-order valence-corrected chi connectivity index (χ3v) is 2.55. The second kappa shape index (κ2) is 7.93. The normalized spacial score (nSPS) is 10.2. The Morgan fingerprint density at radius 2 is 2.17 bits per heavy atom. The molecule has 0 saturated carbocycles. The van der Waals surface area contributed by atoms with Gasteiger partial charge in [0.2, 0.25) is 0 Å². The summed E-state index contributed by atoms with van der Waals surface area (Å²) in [6.07, 6.45) is 1.67. The summed E-state index contributed by atoms with van der Waals surface area (Å²) in [4.78, 5) is 11.0. The summed E-state index contributed by atoms with van der Waals surface area (Å²) in [5.74, 6) is -0.630. The maximum atomic E-state index is 13.4. The van der Waals surface area contributed by atoms with Crippen LogP contribution >= 0.6 is 11.6 Å². The molecule has 0 aliphatic carbocycles. The van der Waals surface area contributed by atoms with Crippen molar-refractivity contribution in [3.05, 3.63) is 29.0 Å². The van der Waals surface area contributed by atoms with Crippen LogP contribution in [0, 0.1) is 5.82 Å². The maximum Gasteiger partial charge on any atom is 0.305 e. The van der Waals surface area contributed by atoms with Gasteiger partial charge in [-0.05, 0) is 31.9 Å². The molecule has 0 unspecified atom stereocenters. The van der Waals surface area contributed by atoms with Crippen LogP contribution in [0.4, 0.5) is 4.39 Å². The summed E-state index contributed by atoms with van der Waals surface area (Å²) in [7, 11) is 0. The lowest BCUT2D eigenvalue weighted by atomic mass is 10.2. The molecule has 18 heavy (non-hydrogen) atoms. The van der Waals surface area contributed by atoms with Crippen molar-refractivity contribution in [1.82, 2.24) is 0 Å². The third-order valence-electron chi connectivity index (χ3n) is 2.25. The Morgan fingerprint density at radius 3 is 2.89 bits per heavy atom. The van der Waals surface area contributed by atoms with E-state index in [0.717, 1.165) is 0 Å². The molecular formula is C13H16ClFO3. The number of carbonyl (C=O) groups is 1. The highest BCUT2D eigenvalue weighted by Gasteiger charge is 2.07. The number of halogens is 2. The Kier molecular flexibility index (Phi) is 6.50. The van der Waals surface area contributed by atoms with Crippen molar-refractivity contribution in [3.63, 3.8) is 0 Å². The lowest BCUT2D eigenvalue weighted by molar-refractivity contribution is -0.143. The van der Waals surface area contributed by atoms with E-state index in [1.54, 1.807) is 13.0 Å². The number of rotatable bonds is 7. The van der Waals surface area contributed by atoms with Crippen LogP contribution in [-0.4, -0.2) is 19.2 Å². The molecule has 1 aromatic rings. The van der Waals surface area contributed by atoms with Gasteiger partial charge in [0.15, 0.2) is 11.6 Å². The van der Waals surface area contributed by atoms with Crippen molar-refractivity contribution >= 4 is 17.6 Å². The van der Waals surface area contributed by atoms with Crippen molar-refractivity contribution < 1.29 is 18.7 Å². The van der Waals surface area contributed by atoms with Crippen molar-refractivity contribution in [2.75, 3.05) is 13.2 Å². The zero-order chi connectivity index (χ0) is 13.4. The van der Waals surface area contributed by atoms with Crippen LogP contribution in [-0.2, 0) is 9.53 Å². The fourth-order valence-electron chi connectivity index (χ4n) is 1.38. The molecule has 0 amide bonds. The Labute approximate surface area is 111 Å². The summed E-state index contributed by atoms with van der Waals surface area (Å²) in [6.45, 7) is 2.50. The minimum absolute atomic E-state index is 0.0408. The molecule has 0 spiro atoms. The number of hydrogen-bond acceptors (Lipinski definition) is 3. The SMILES string of the molecule is CCOC(=O)CCCCOc1cccc(Cl)c1F. The molecule has 0 heterocycles. The Bertz CT molecular complexity index is 396. The van der Waals surface area contributed by atoms with E-state index in [1.165, 1.54) is 12.1 Å². The predicted molar refractivity (Wildman–Crippen MR) is 67.4 cm³/mol. The molecule has 0 aromatic heterocycles. The molecule has 0 aliphatic rings. The van der Waals surface area contributed by atoms with Gasteiger partial charge in [-0.3, -0.25) is 4.79 Å². The fourth-order valence-corrected chi connectivity index (χ4v) is 1.55. The van der Waals surface area contributed by atoms with E-state index in [1.807, 2.05) is 0 Å². The highest BCUT2D eigenvalue weighted by atomic mass is 35.5. The standard InChI is InChI=1S/C13H16ClFO3/c1-2-17-12(16)8-3-4-9-18-11-7-5-6-10(14)13(11)15/h5-7H,2-4,8-9H2,1H3. The first-order chi connectivity index (χ1) is 8.65. The summed E-state index contributed by atoms with van der Waals surface area (Å²) in [6, 6.07) is 4.61. The monoisotopic (exact) mass is 274 g/mol. The molecule has 0 saturated heterocycles. The Balaban J connectivity index is 2.22.